The van der Waals surface area contributed by atoms with Crippen molar-refractivity contribution in [1.29, 1.82) is 0 Å². The third kappa shape index (κ3) is 6.50. The van der Waals surface area contributed by atoms with Crippen molar-refractivity contribution in [2.45, 2.75) is 64.3 Å². The molecule has 3 rings (SSSR count). The van der Waals surface area contributed by atoms with Crippen LogP contribution in [0.4, 0.5) is 9.18 Å². The predicted octanol–water partition coefficient (Wildman–Crippen LogP) is 3.08. The first kappa shape index (κ1) is 24.2. The van der Waals surface area contributed by atoms with Crippen molar-refractivity contribution >= 4 is 18.0 Å². The molecule has 0 saturated heterocycles. The first-order chi connectivity index (χ1) is 15.5. The van der Waals surface area contributed by atoms with E-state index >= 15 is 0 Å². The van der Waals surface area contributed by atoms with Gasteiger partial charge in [0.25, 0.3) is 0 Å². The lowest BCUT2D eigenvalue weighted by atomic mass is 9.94. The number of halogens is 1. The highest BCUT2D eigenvalue weighted by molar-refractivity contribution is 5.85. The Bertz CT molecular complexity index is 1040. The van der Waals surface area contributed by atoms with E-state index < -0.39 is 41.5 Å². The summed E-state index contributed by atoms with van der Waals surface area (Å²) in [6.07, 6.45) is 2.44. The zero-order valence-corrected chi connectivity index (χ0v) is 18.9. The molecule has 8 nitrogen and oxygen atoms in total. The summed E-state index contributed by atoms with van der Waals surface area (Å²) in [5, 5.41) is 12.4. The van der Waals surface area contributed by atoms with E-state index in [2.05, 4.69) is 10.3 Å². The summed E-state index contributed by atoms with van der Waals surface area (Å²) in [7, 11) is 0. The molecule has 176 valence electrons. The monoisotopic (exact) mass is 457 g/mol. The van der Waals surface area contributed by atoms with Crippen LogP contribution in [0.2, 0.25) is 0 Å². The molecule has 1 aromatic heterocycles. The Morgan fingerprint density at radius 1 is 1.24 bits per heavy atom. The fourth-order valence-corrected chi connectivity index (χ4v) is 3.79. The molecule has 2 N–H and O–H groups in total. The zero-order chi connectivity index (χ0) is 24.2. The van der Waals surface area contributed by atoms with Crippen LogP contribution in [-0.4, -0.2) is 50.6 Å². The van der Waals surface area contributed by atoms with Crippen molar-refractivity contribution in [2.75, 3.05) is 0 Å². The second kappa shape index (κ2) is 9.97. The highest BCUT2D eigenvalue weighted by Gasteiger charge is 2.36. The van der Waals surface area contributed by atoms with E-state index in [0.29, 0.717) is 5.56 Å². The van der Waals surface area contributed by atoms with Crippen LogP contribution >= 0.6 is 0 Å². The van der Waals surface area contributed by atoms with Gasteiger partial charge in [0.2, 0.25) is 5.91 Å². The van der Waals surface area contributed by atoms with Gasteiger partial charge in [-0.1, -0.05) is 18.2 Å². The van der Waals surface area contributed by atoms with Crippen LogP contribution in [-0.2, 0) is 33.7 Å². The van der Waals surface area contributed by atoms with Gasteiger partial charge in [0.15, 0.2) is 0 Å². The van der Waals surface area contributed by atoms with Crippen molar-refractivity contribution in [1.82, 2.24) is 15.2 Å². The quantitative estimate of drug-likeness (QED) is 0.690. The average Bonchev–Trinajstić information content (AvgIpc) is 2.72. The molecule has 2 amide bonds. The molecule has 0 radical (unpaired) electrons. The number of nitrogens with one attached hydrogen (secondary N) is 1. The maximum Gasteiger partial charge on any atom is 0.407 e. The molecule has 2 atom stereocenters. The Balaban J connectivity index is 1.81. The van der Waals surface area contributed by atoms with Crippen molar-refractivity contribution in [3.8, 4) is 0 Å². The highest BCUT2D eigenvalue weighted by Crippen LogP contribution is 2.24. The number of pyridine rings is 1. The SMILES string of the molecule is CC(C)(C)OC(=O)NC(CC(=O)N1Cc2ccncc2CC1C(=O)O)Cc1ccccc1F. The van der Waals surface area contributed by atoms with Crippen molar-refractivity contribution < 1.29 is 28.6 Å². The number of benzene rings is 1. The van der Waals surface area contributed by atoms with Crippen LogP contribution in [0.1, 0.15) is 43.9 Å². The van der Waals surface area contributed by atoms with Crippen molar-refractivity contribution in [3.05, 3.63) is 65.2 Å². The van der Waals surface area contributed by atoms with E-state index in [1.165, 1.54) is 11.0 Å². The number of carbonyl (C=O) groups excluding carboxylic acids is 2. The summed E-state index contributed by atoms with van der Waals surface area (Å²) in [5.74, 6) is -2.03. The number of hydrogen-bond donors (Lipinski definition) is 2. The van der Waals surface area contributed by atoms with Gasteiger partial charge in [0.05, 0.1) is 0 Å². The minimum absolute atomic E-state index is 0.0454. The van der Waals surface area contributed by atoms with Crippen LogP contribution in [0.5, 0.6) is 0 Å². The van der Waals surface area contributed by atoms with Crippen LogP contribution in [0.3, 0.4) is 0 Å². The Kier molecular flexibility index (Phi) is 7.30. The van der Waals surface area contributed by atoms with Gasteiger partial charge in [-0.3, -0.25) is 9.78 Å². The van der Waals surface area contributed by atoms with Crippen molar-refractivity contribution in [2.24, 2.45) is 0 Å². The lowest BCUT2D eigenvalue weighted by molar-refractivity contribution is -0.151. The molecular formula is C24H28FN3O5. The van der Waals surface area contributed by atoms with Crippen LogP contribution < -0.4 is 5.32 Å². The molecule has 2 aromatic rings. The van der Waals surface area contributed by atoms with Crippen LogP contribution in [0, 0.1) is 5.82 Å². The molecule has 1 aliphatic rings. The smallest absolute Gasteiger partial charge is 0.407 e. The van der Waals surface area contributed by atoms with Gasteiger partial charge in [0, 0.05) is 37.8 Å². The number of amides is 2. The number of ether oxygens (including phenoxy) is 1. The molecule has 2 heterocycles. The van der Waals surface area contributed by atoms with E-state index in [0.717, 1.165) is 11.1 Å². The average molecular weight is 458 g/mol. The Morgan fingerprint density at radius 3 is 2.64 bits per heavy atom. The Morgan fingerprint density at radius 2 is 1.97 bits per heavy atom. The third-order valence-electron chi connectivity index (χ3n) is 5.31. The van der Waals surface area contributed by atoms with Crippen molar-refractivity contribution in [3.63, 3.8) is 0 Å². The zero-order valence-electron chi connectivity index (χ0n) is 18.9. The van der Waals surface area contributed by atoms with Gasteiger partial charge in [-0.05, 0) is 56.0 Å². The maximum absolute atomic E-state index is 14.3. The van der Waals surface area contributed by atoms with E-state index in [1.807, 2.05) is 0 Å². The lowest BCUT2D eigenvalue weighted by Crippen LogP contribution is -2.51. The number of rotatable bonds is 6. The number of fused-ring (bicyclic) bond motifs is 1. The number of aromatic nitrogens is 1. The summed E-state index contributed by atoms with van der Waals surface area (Å²) < 4.78 is 19.6. The van der Waals surface area contributed by atoms with Gasteiger partial charge in [-0.25, -0.2) is 14.0 Å². The highest BCUT2D eigenvalue weighted by atomic mass is 19.1. The molecule has 1 aliphatic heterocycles. The molecule has 0 saturated carbocycles. The largest absolute Gasteiger partial charge is 0.480 e. The van der Waals surface area contributed by atoms with E-state index in [-0.39, 0.29) is 25.8 Å². The van der Waals surface area contributed by atoms with Crippen LogP contribution in [0.25, 0.3) is 0 Å². The summed E-state index contributed by atoms with van der Waals surface area (Å²) in [4.78, 5) is 42.8. The minimum atomic E-state index is -1.12. The number of carboxylic acid groups (broad SMARTS) is 1. The molecule has 33 heavy (non-hydrogen) atoms. The Labute approximate surface area is 191 Å². The van der Waals surface area contributed by atoms with E-state index in [4.69, 9.17) is 4.74 Å². The topological polar surface area (TPSA) is 109 Å². The lowest BCUT2D eigenvalue weighted by Gasteiger charge is -2.35. The van der Waals surface area contributed by atoms with Gasteiger partial charge >= 0.3 is 12.1 Å². The molecule has 1 aromatic carbocycles. The predicted molar refractivity (Wildman–Crippen MR) is 118 cm³/mol. The maximum atomic E-state index is 14.3. The molecule has 0 fully saturated rings. The molecule has 2 unspecified atom stereocenters. The van der Waals surface area contributed by atoms with Gasteiger partial charge < -0.3 is 20.1 Å². The second-order valence-electron chi connectivity index (χ2n) is 9.07. The molecule has 9 heteroatoms. The summed E-state index contributed by atoms with van der Waals surface area (Å²) >= 11 is 0. The number of nitrogens with zero attached hydrogens (tertiary/aromatic N) is 2. The van der Waals surface area contributed by atoms with E-state index in [9.17, 15) is 23.9 Å². The molecule has 0 aliphatic carbocycles. The first-order valence-electron chi connectivity index (χ1n) is 10.7. The minimum Gasteiger partial charge on any atom is -0.480 e. The normalized spacial score (nSPS) is 16.5. The van der Waals surface area contributed by atoms with Gasteiger partial charge in [-0.2, -0.15) is 0 Å². The summed E-state index contributed by atoms with van der Waals surface area (Å²) in [6, 6.07) is 6.01. The number of hydrogen-bond acceptors (Lipinski definition) is 5. The standard InChI is InChI=1S/C24H28FN3O5/c1-24(2,3)33-23(32)27-18(10-15-6-4-5-7-19(15)25)12-21(29)28-14-16-8-9-26-13-17(16)11-20(28)22(30)31/h4-9,13,18,20H,10-12,14H2,1-3H3,(H,27,32)(H,30,31). The number of aliphatic carboxylic acids is 1. The van der Waals surface area contributed by atoms with Crippen LogP contribution in [0.15, 0.2) is 42.7 Å². The third-order valence-corrected chi connectivity index (χ3v) is 5.31. The Hall–Kier alpha value is -3.49. The molecular weight excluding hydrogens is 429 g/mol. The summed E-state index contributed by atoms with van der Waals surface area (Å²) in [6.45, 7) is 5.25. The fourth-order valence-electron chi connectivity index (χ4n) is 3.79. The van der Waals surface area contributed by atoms with Gasteiger partial charge in [0.1, 0.15) is 17.5 Å². The second-order valence-corrected chi connectivity index (χ2v) is 9.07. The first-order valence-corrected chi connectivity index (χ1v) is 10.7. The number of carboxylic acids is 1. The molecule has 0 bridgehead atoms. The van der Waals surface area contributed by atoms with E-state index in [1.54, 1.807) is 57.4 Å². The summed E-state index contributed by atoms with van der Waals surface area (Å²) in [5.41, 5.74) is 1.18. The molecule has 0 spiro atoms. The number of alkyl carbamates (subject to hydrolysis) is 1. The fraction of sp³-hybridized carbons (Fsp3) is 0.417. The number of carbonyl (C=O) groups is 3. The van der Waals surface area contributed by atoms with Gasteiger partial charge in [-0.15, -0.1) is 0 Å².